The fraction of sp³-hybridized carbons (Fsp3) is 0.400. The van der Waals surface area contributed by atoms with Gasteiger partial charge in [0.15, 0.2) is 0 Å². The molecular weight excluding hydrogens is 429 g/mol. The Labute approximate surface area is 190 Å². The van der Waals surface area contributed by atoms with E-state index in [1.165, 1.54) is 23.5 Å². The van der Waals surface area contributed by atoms with E-state index in [2.05, 4.69) is 4.98 Å². The van der Waals surface area contributed by atoms with Gasteiger partial charge in [0.2, 0.25) is 0 Å². The molecule has 1 fully saturated rings. The Morgan fingerprint density at radius 3 is 2.38 bits per heavy atom. The summed E-state index contributed by atoms with van der Waals surface area (Å²) in [6.07, 6.45) is 6.29. The first-order valence-electron chi connectivity index (χ1n) is 10.9. The highest BCUT2D eigenvalue weighted by molar-refractivity contribution is 7.13. The number of aliphatic carboxylic acids is 2. The molecule has 2 aromatic rings. The third kappa shape index (κ3) is 3.68. The maximum atomic E-state index is 13.3. The van der Waals surface area contributed by atoms with E-state index in [1.807, 2.05) is 5.38 Å². The second kappa shape index (κ2) is 8.62. The highest BCUT2D eigenvalue weighted by Crippen LogP contribution is 2.53. The minimum Gasteiger partial charge on any atom is -0.481 e. The summed E-state index contributed by atoms with van der Waals surface area (Å²) in [5.41, 5.74) is 1.28. The summed E-state index contributed by atoms with van der Waals surface area (Å²) in [5.74, 6) is -3.18. The van der Waals surface area contributed by atoms with Crippen molar-refractivity contribution >= 4 is 28.8 Å². The molecule has 0 radical (unpaired) electrons. The van der Waals surface area contributed by atoms with Gasteiger partial charge in [-0.05, 0) is 55.5 Å². The Hall–Kier alpha value is -2.80. The van der Waals surface area contributed by atoms with E-state index in [0.717, 1.165) is 37.7 Å². The number of allylic oxidation sites excluding steroid dienone is 2. The Morgan fingerprint density at radius 1 is 1.12 bits per heavy atom. The molecular formula is C25H26FNO4S. The van der Waals surface area contributed by atoms with Gasteiger partial charge in [0.25, 0.3) is 0 Å². The third-order valence-corrected chi connectivity index (χ3v) is 7.98. The van der Waals surface area contributed by atoms with Crippen molar-refractivity contribution in [2.45, 2.75) is 46.0 Å². The first-order chi connectivity index (χ1) is 15.3. The van der Waals surface area contributed by atoms with Crippen molar-refractivity contribution < 1.29 is 24.2 Å². The van der Waals surface area contributed by atoms with Crippen molar-refractivity contribution in [1.82, 2.24) is 4.98 Å². The topological polar surface area (TPSA) is 87.5 Å². The summed E-state index contributed by atoms with van der Waals surface area (Å²) in [5, 5.41) is 23.0. The van der Waals surface area contributed by atoms with E-state index < -0.39 is 23.3 Å². The van der Waals surface area contributed by atoms with Crippen molar-refractivity contribution in [2.24, 2.45) is 17.3 Å². The lowest BCUT2D eigenvalue weighted by Gasteiger charge is -2.44. The van der Waals surface area contributed by atoms with Crippen LogP contribution in [-0.2, 0) is 9.59 Å². The molecule has 1 heterocycles. The zero-order valence-corrected chi connectivity index (χ0v) is 18.9. The minimum atomic E-state index is -1.29. The predicted octanol–water partition coefficient (Wildman–Crippen LogP) is 6.03. The van der Waals surface area contributed by atoms with Gasteiger partial charge >= 0.3 is 11.9 Å². The number of thiazole rings is 1. The fourth-order valence-corrected chi connectivity index (χ4v) is 6.21. The number of carbonyl (C=O) groups is 2. The molecule has 2 aliphatic rings. The molecule has 7 heteroatoms. The van der Waals surface area contributed by atoms with Gasteiger partial charge in [-0.15, -0.1) is 11.3 Å². The molecule has 4 rings (SSSR count). The molecule has 2 N–H and O–H groups in total. The molecule has 2 unspecified atom stereocenters. The van der Waals surface area contributed by atoms with Crippen LogP contribution in [0.2, 0.25) is 0 Å². The van der Waals surface area contributed by atoms with Crippen molar-refractivity contribution in [2.75, 3.05) is 0 Å². The summed E-state index contributed by atoms with van der Waals surface area (Å²) >= 11 is 1.37. The van der Waals surface area contributed by atoms with Crippen LogP contribution >= 0.6 is 11.3 Å². The van der Waals surface area contributed by atoms with E-state index in [1.54, 1.807) is 32.1 Å². The number of nitrogens with zero attached hydrogens (tertiary/aromatic N) is 1. The monoisotopic (exact) mass is 455 g/mol. The average molecular weight is 456 g/mol. The number of aromatic nitrogens is 1. The molecule has 0 amide bonds. The molecule has 5 nitrogen and oxygen atoms in total. The Balaban J connectivity index is 1.86. The number of benzene rings is 1. The number of carboxylic acid groups (broad SMARTS) is 2. The van der Waals surface area contributed by atoms with Crippen LogP contribution < -0.4 is 0 Å². The molecule has 168 valence electrons. The smallest absolute Gasteiger partial charge is 0.332 e. The number of hydrogen-bond donors (Lipinski definition) is 2. The Morgan fingerprint density at radius 2 is 1.78 bits per heavy atom. The van der Waals surface area contributed by atoms with Gasteiger partial charge in [-0.2, -0.15) is 0 Å². The molecule has 1 saturated carbocycles. The average Bonchev–Trinajstić information content (AvgIpc) is 3.25. The second-order valence-electron chi connectivity index (χ2n) is 8.74. The van der Waals surface area contributed by atoms with Gasteiger partial charge in [0.05, 0.1) is 11.1 Å². The number of hydrogen-bond acceptors (Lipinski definition) is 4. The second-order valence-corrected chi connectivity index (χ2v) is 9.60. The largest absolute Gasteiger partial charge is 0.481 e. The summed E-state index contributed by atoms with van der Waals surface area (Å²) in [4.78, 5) is 29.7. The quantitative estimate of drug-likeness (QED) is 0.574. The lowest BCUT2D eigenvalue weighted by Crippen LogP contribution is -2.47. The van der Waals surface area contributed by atoms with Gasteiger partial charge < -0.3 is 10.2 Å². The van der Waals surface area contributed by atoms with Crippen molar-refractivity contribution in [3.05, 3.63) is 58.4 Å². The van der Waals surface area contributed by atoms with E-state index in [0.29, 0.717) is 21.8 Å². The standard InChI is InChI=1S/C25H26FNO4S/c1-14-19(20-13-32-22(27-20)16-8-10-18(26)11-9-16)12-25(24(30)31,15(2)21(14)23(28)29)17-6-4-3-5-7-17/h8-13,15,17H,3-7H2,1-2H3,(H,28,29)(H,30,31). The lowest BCUT2D eigenvalue weighted by atomic mass is 9.57. The van der Waals surface area contributed by atoms with Crippen LogP contribution in [0.25, 0.3) is 16.1 Å². The lowest BCUT2D eigenvalue weighted by molar-refractivity contribution is -0.153. The fourth-order valence-electron chi connectivity index (χ4n) is 5.39. The Bertz CT molecular complexity index is 1110. The van der Waals surface area contributed by atoms with E-state index in [9.17, 15) is 24.2 Å². The van der Waals surface area contributed by atoms with Crippen LogP contribution in [0.4, 0.5) is 4.39 Å². The zero-order valence-electron chi connectivity index (χ0n) is 18.1. The van der Waals surface area contributed by atoms with E-state index in [4.69, 9.17) is 0 Å². The van der Waals surface area contributed by atoms with E-state index in [-0.39, 0.29) is 17.3 Å². The van der Waals surface area contributed by atoms with Gasteiger partial charge in [0.1, 0.15) is 10.8 Å². The molecule has 0 aliphatic heterocycles. The summed E-state index contributed by atoms with van der Waals surface area (Å²) < 4.78 is 13.3. The van der Waals surface area contributed by atoms with Gasteiger partial charge in [-0.25, -0.2) is 14.2 Å². The number of halogens is 1. The van der Waals surface area contributed by atoms with Crippen LogP contribution in [-0.4, -0.2) is 27.1 Å². The Kier molecular flexibility index (Phi) is 6.03. The maximum absolute atomic E-state index is 13.3. The van der Waals surface area contributed by atoms with Gasteiger partial charge in [0, 0.05) is 28.0 Å². The summed E-state index contributed by atoms with van der Waals surface area (Å²) in [6.45, 7) is 3.46. The van der Waals surface area contributed by atoms with E-state index >= 15 is 0 Å². The SMILES string of the molecule is CC1=C(C(=O)O)C(C)C(C(=O)O)(C2CCCCC2)C=C1c1csc(-c2ccc(F)cc2)n1. The van der Waals surface area contributed by atoms with Crippen LogP contribution in [0.5, 0.6) is 0 Å². The molecule has 2 aliphatic carbocycles. The molecule has 1 aromatic carbocycles. The summed E-state index contributed by atoms with van der Waals surface area (Å²) in [7, 11) is 0. The van der Waals surface area contributed by atoms with Crippen molar-refractivity contribution in [1.29, 1.82) is 0 Å². The highest BCUT2D eigenvalue weighted by atomic mass is 32.1. The highest BCUT2D eigenvalue weighted by Gasteiger charge is 2.53. The number of rotatable bonds is 5. The van der Waals surface area contributed by atoms with Crippen LogP contribution in [0, 0.1) is 23.1 Å². The maximum Gasteiger partial charge on any atom is 0.332 e. The van der Waals surface area contributed by atoms with Crippen molar-refractivity contribution in [3.8, 4) is 10.6 Å². The van der Waals surface area contributed by atoms with Gasteiger partial charge in [-0.3, -0.25) is 4.79 Å². The minimum absolute atomic E-state index is 0.128. The molecule has 0 spiro atoms. The van der Waals surface area contributed by atoms with Crippen LogP contribution in [0.3, 0.4) is 0 Å². The molecule has 1 aromatic heterocycles. The molecule has 32 heavy (non-hydrogen) atoms. The van der Waals surface area contributed by atoms with Crippen LogP contribution in [0.1, 0.15) is 51.6 Å². The normalized spacial score (nSPS) is 24.3. The zero-order chi connectivity index (χ0) is 23.0. The van der Waals surface area contributed by atoms with Crippen LogP contribution in [0.15, 0.2) is 46.9 Å². The molecule has 0 bridgehead atoms. The van der Waals surface area contributed by atoms with Crippen molar-refractivity contribution in [3.63, 3.8) is 0 Å². The first kappa shape index (κ1) is 22.4. The third-order valence-electron chi connectivity index (χ3n) is 7.09. The molecule has 2 atom stereocenters. The van der Waals surface area contributed by atoms with Gasteiger partial charge in [-0.1, -0.05) is 32.3 Å². The number of carboxylic acids is 2. The predicted molar refractivity (Wildman–Crippen MR) is 122 cm³/mol. The molecule has 0 saturated heterocycles. The summed E-state index contributed by atoms with van der Waals surface area (Å²) in [6, 6.07) is 6.02. The first-order valence-corrected chi connectivity index (χ1v) is 11.8.